The van der Waals surface area contributed by atoms with E-state index >= 15 is 0 Å². The van der Waals surface area contributed by atoms with E-state index in [2.05, 4.69) is 9.71 Å². The van der Waals surface area contributed by atoms with Gasteiger partial charge in [0.05, 0.1) is 10.6 Å². The number of amidine groups is 1. The maximum absolute atomic E-state index is 12.3. The average Bonchev–Trinajstić information content (AvgIpc) is 2.53. The van der Waals surface area contributed by atoms with Crippen molar-refractivity contribution in [3.8, 4) is 0 Å². The van der Waals surface area contributed by atoms with Crippen LogP contribution in [0.15, 0.2) is 63.9 Å². The molecule has 0 aliphatic rings. The lowest BCUT2D eigenvalue weighted by atomic mass is 10.3. The molecule has 0 atom stereocenters. The van der Waals surface area contributed by atoms with E-state index in [4.69, 9.17) is 16.7 Å². The number of thioether (sulfide) groups is 1. The first kappa shape index (κ1) is 18.3. The maximum Gasteiger partial charge on any atom is 0.313 e. The highest BCUT2D eigenvalue weighted by Crippen LogP contribution is 2.19. The molecule has 0 fully saturated rings. The van der Waals surface area contributed by atoms with E-state index in [0.717, 1.165) is 11.8 Å². The van der Waals surface area contributed by atoms with Crippen molar-refractivity contribution in [3.05, 3.63) is 59.6 Å². The molecule has 0 spiro atoms. The molecule has 0 aromatic heterocycles. The van der Waals surface area contributed by atoms with Crippen molar-refractivity contribution in [2.24, 2.45) is 4.40 Å². The van der Waals surface area contributed by atoms with E-state index in [9.17, 15) is 13.2 Å². The number of benzene rings is 2. The van der Waals surface area contributed by atoms with Gasteiger partial charge in [0, 0.05) is 10.7 Å². The standard InChI is InChI=1S/C15H13ClN2O4S2/c16-11-5-4-6-12(9-11)17-15(23-10-14(19)20)18-24(21,22)13-7-2-1-3-8-13/h1-9H,10H2,(H,17,18)(H,19,20). The quantitative estimate of drug-likeness (QED) is 0.606. The molecule has 0 saturated carbocycles. The highest BCUT2D eigenvalue weighted by molar-refractivity contribution is 8.15. The zero-order valence-electron chi connectivity index (χ0n) is 12.2. The van der Waals surface area contributed by atoms with Crippen molar-refractivity contribution < 1.29 is 18.3 Å². The molecule has 2 aromatic rings. The van der Waals surface area contributed by atoms with Crippen LogP contribution in [0.1, 0.15) is 0 Å². The Morgan fingerprint density at radius 2 is 1.88 bits per heavy atom. The number of nitrogens with zero attached hydrogens (tertiary/aromatic N) is 1. The van der Waals surface area contributed by atoms with Gasteiger partial charge in [0.2, 0.25) is 0 Å². The number of carbonyl (C=O) groups is 1. The monoisotopic (exact) mass is 384 g/mol. The Labute approximate surface area is 148 Å². The van der Waals surface area contributed by atoms with Gasteiger partial charge in [0.1, 0.15) is 0 Å². The number of rotatable bonds is 5. The van der Waals surface area contributed by atoms with Crippen LogP contribution in [-0.4, -0.2) is 30.4 Å². The molecule has 2 N–H and O–H groups in total. The Kier molecular flexibility index (Phi) is 6.24. The number of hydrogen-bond donors (Lipinski definition) is 2. The van der Waals surface area contributed by atoms with E-state index in [1.165, 1.54) is 12.1 Å². The minimum atomic E-state index is -3.96. The van der Waals surface area contributed by atoms with Crippen LogP contribution in [0.3, 0.4) is 0 Å². The molecule has 2 aromatic carbocycles. The molecule has 2 rings (SSSR count). The number of sulfonamides is 1. The molecule has 6 nitrogen and oxygen atoms in total. The molecule has 0 radical (unpaired) electrons. The summed E-state index contributed by atoms with van der Waals surface area (Å²) in [5.41, 5.74) is 0.502. The third-order valence-corrected chi connectivity index (χ3v) is 5.15. The molecule has 126 valence electrons. The number of anilines is 1. The van der Waals surface area contributed by atoms with Gasteiger partial charge in [-0.2, -0.15) is 8.42 Å². The van der Waals surface area contributed by atoms with E-state index in [0.29, 0.717) is 10.7 Å². The second-order valence-electron chi connectivity index (χ2n) is 4.50. The number of nitrogens with one attached hydrogen (secondary N) is 1. The Hall–Kier alpha value is -2.03. The van der Waals surface area contributed by atoms with Crippen LogP contribution < -0.4 is 5.32 Å². The molecule has 0 aliphatic heterocycles. The van der Waals surface area contributed by atoms with Gasteiger partial charge in [-0.3, -0.25) is 4.79 Å². The Morgan fingerprint density at radius 1 is 1.17 bits per heavy atom. The molecular weight excluding hydrogens is 372 g/mol. The minimum Gasteiger partial charge on any atom is -0.481 e. The van der Waals surface area contributed by atoms with Crippen LogP contribution in [0.25, 0.3) is 0 Å². The van der Waals surface area contributed by atoms with E-state index in [1.807, 2.05) is 0 Å². The SMILES string of the molecule is O=C(O)CS/C(=N\S(=O)(=O)c1ccccc1)Nc1cccc(Cl)c1. The molecule has 0 unspecified atom stereocenters. The van der Waals surface area contributed by atoms with E-state index in [-0.39, 0.29) is 15.8 Å². The molecule has 0 saturated heterocycles. The first-order chi connectivity index (χ1) is 11.4. The Morgan fingerprint density at radius 3 is 2.50 bits per heavy atom. The van der Waals surface area contributed by atoms with Crippen LogP contribution >= 0.6 is 23.4 Å². The number of halogens is 1. The summed E-state index contributed by atoms with van der Waals surface area (Å²) in [5.74, 6) is -1.42. The normalized spacial score (nSPS) is 12.0. The fraction of sp³-hybridized carbons (Fsp3) is 0.0667. The van der Waals surface area contributed by atoms with E-state index < -0.39 is 16.0 Å². The lowest BCUT2D eigenvalue weighted by molar-refractivity contribution is -0.133. The number of carboxylic acids is 1. The fourth-order valence-corrected chi connectivity index (χ4v) is 3.68. The summed E-state index contributed by atoms with van der Waals surface area (Å²) in [4.78, 5) is 10.8. The first-order valence-corrected chi connectivity index (χ1v) is 9.44. The van der Waals surface area contributed by atoms with Gasteiger partial charge in [0.25, 0.3) is 10.0 Å². The third-order valence-electron chi connectivity index (χ3n) is 2.65. The average molecular weight is 385 g/mol. The van der Waals surface area contributed by atoms with Crippen molar-refractivity contribution >= 4 is 50.2 Å². The predicted octanol–water partition coefficient (Wildman–Crippen LogP) is 3.31. The Balaban J connectivity index is 2.32. The van der Waals surface area contributed by atoms with Crippen molar-refractivity contribution in [1.29, 1.82) is 0 Å². The minimum absolute atomic E-state index is 0.0197. The maximum atomic E-state index is 12.3. The second-order valence-corrected chi connectivity index (χ2v) is 7.51. The summed E-state index contributed by atoms with van der Waals surface area (Å²) in [6.07, 6.45) is 0. The van der Waals surface area contributed by atoms with Crippen LogP contribution in [0.2, 0.25) is 5.02 Å². The topological polar surface area (TPSA) is 95.8 Å². The van der Waals surface area contributed by atoms with Crippen LogP contribution in [0.4, 0.5) is 5.69 Å². The first-order valence-electron chi connectivity index (χ1n) is 6.64. The van der Waals surface area contributed by atoms with Crippen LogP contribution in [0, 0.1) is 0 Å². The van der Waals surface area contributed by atoms with Gasteiger partial charge in [-0.1, -0.05) is 47.6 Å². The smallest absolute Gasteiger partial charge is 0.313 e. The predicted molar refractivity (Wildman–Crippen MR) is 96.2 cm³/mol. The fourth-order valence-electron chi connectivity index (χ4n) is 1.66. The summed E-state index contributed by atoms with van der Waals surface area (Å²) in [7, 11) is -3.96. The van der Waals surface area contributed by atoms with Crippen molar-refractivity contribution in [1.82, 2.24) is 0 Å². The molecule has 24 heavy (non-hydrogen) atoms. The molecule has 0 aliphatic carbocycles. The zero-order valence-corrected chi connectivity index (χ0v) is 14.6. The summed E-state index contributed by atoms with van der Waals surface area (Å²) in [6, 6.07) is 14.3. The largest absolute Gasteiger partial charge is 0.481 e. The van der Waals surface area contributed by atoms with Gasteiger partial charge < -0.3 is 10.4 Å². The highest BCUT2D eigenvalue weighted by atomic mass is 35.5. The summed E-state index contributed by atoms with van der Waals surface area (Å²) >= 11 is 6.65. The van der Waals surface area contributed by atoms with Crippen LogP contribution in [0.5, 0.6) is 0 Å². The number of hydrogen-bond acceptors (Lipinski definition) is 4. The van der Waals surface area contributed by atoms with Crippen molar-refractivity contribution in [2.75, 3.05) is 11.1 Å². The van der Waals surface area contributed by atoms with Gasteiger partial charge >= 0.3 is 5.97 Å². The zero-order chi connectivity index (χ0) is 17.6. The Bertz CT molecular complexity index is 855. The summed E-state index contributed by atoms with van der Waals surface area (Å²) in [5, 5.41) is 12.0. The van der Waals surface area contributed by atoms with Gasteiger partial charge in [-0.15, -0.1) is 4.40 Å². The number of aliphatic carboxylic acids is 1. The van der Waals surface area contributed by atoms with Crippen molar-refractivity contribution in [2.45, 2.75) is 4.90 Å². The molecule has 9 heteroatoms. The van der Waals surface area contributed by atoms with E-state index in [1.54, 1.807) is 42.5 Å². The lowest BCUT2D eigenvalue weighted by Gasteiger charge is -2.09. The summed E-state index contributed by atoms with van der Waals surface area (Å²) < 4.78 is 28.4. The van der Waals surface area contributed by atoms with Gasteiger partial charge in [-0.25, -0.2) is 0 Å². The molecule has 0 heterocycles. The summed E-state index contributed by atoms with van der Waals surface area (Å²) in [6.45, 7) is 0. The van der Waals surface area contributed by atoms with Crippen LogP contribution in [-0.2, 0) is 14.8 Å². The molecule has 0 bridgehead atoms. The van der Waals surface area contributed by atoms with Crippen molar-refractivity contribution in [3.63, 3.8) is 0 Å². The molecular formula is C15H13ClN2O4S2. The molecule has 0 amide bonds. The number of carboxylic acid groups (broad SMARTS) is 1. The highest BCUT2D eigenvalue weighted by Gasteiger charge is 2.15. The second kappa shape index (κ2) is 8.18. The third kappa shape index (κ3) is 5.55. The van der Waals surface area contributed by atoms with Gasteiger partial charge in [0.15, 0.2) is 5.17 Å². The lowest BCUT2D eigenvalue weighted by Crippen LogP contribution is -2.14. The van der Waals surface area contributed by atoms with Gasteiger partial charge in [-0.05, 0) is 30.3 Å².